The Morgan fingerprint density at radius 3 is 2.31 bits per heavy atom. The summed E-state index contributed by atoms with van der Waals surface area (Å²) < 4.78 is 83.1. The molecule has 0 saturated heterocycles. The number of allylic oxidation sites excluding steroid dienone is 3. The van der Waals surface area contributed by atoms with E-state index in [1.54, 1.807) is 30.4 Å². The second-order valence-electron chi connectivity index (χ2n) is 9.54. The molecule has 2 N–H and O–H groups in total. The van der Waals surface area contributed by atoms with E-state index in [9.17, 15) is 31.1 Å². The molecule has 0 heterocycles. The van der Waals surface area contributed by atoms with Gasteiger partial charge in [-0.3, -0.25) is 4.79 Å². The molecule has 0 radical (unpaired) electrons. The van der Waals surface area contributed by atoms with Crippen molar-refractivity contribution in [3.8, 4) is 0 Å². The number of aliphatic hydroxyl groups is 1. The van der Waals surface area contributed by atoms with E-state index in [-0.39, 0.29) is 43.4 Å². The van der Waals surface area contributed by atoms with Crippen LogP contribution in [0.3, 0.4) is 0 Å². The van der Waals surface area contributed by atoms with Crippen molar-refractivity contribution < 1.29 is 41.0 Å². The fourth-order valence-electron chi connectivity index (χ4n) is 4.38. The number of carbonyl (C=O) groups excluding carboxylic acids is 1. The van der Waals surface area contributed by atoms with Crippen LogP contribution in [0, 0.1) is 5.92 Å². The van der Waals surface area contributed by atoms with Crippen LogP contribution in [0.4, 0.5) is 26.3 Å². The van der Waals surface area contributed by atoms with Crippen LogP contribution in [-0.4, -0.2) is 35.9 Å². The third kappa shape index (κ3) is 9.76. The van der Waals surface area contributed by atoms with E-state index in [0.29, 0.717) is 24.0 Å². The average molecular weight is 556 g/mol. The second-order valence-corrected chi connectivity index (χ2v) is 9.54. The van der Waals surface area contributed by atoms with Crippen molar-refractivity contribution in [1.82, 2.24) is 5.32 Å². The zero-order chi connectivity index (χ0) is 28.6. The molecule has 3 rings (SSSR count). The topological polar surface area (TPSA) is 58.6 Å². The quantitative estimate of drug-likeness (QED) is 0.218. The number of aliphatic hydroxyl groups excluding tert-OH is 1. The highest BCUT2D eigenvalue weighted by atomic mass is 19.4. The van der Waals surface area contributed by atoms with E-state index in [1.807, 2.05) is 6.08 Å². The first-order valence-electron chi connectivity index (χ1n) is 12.6. The van der Waals surface area contributed by atoms with E-state index in [1.165, 1.54) is 12.1 Å². The van der Waals surface area contributed by atoms with Crippen molar-refractivity contribution in [2.24, 2.45) is 5.92 Å². The lowest BCUT2D eigenvalue weighted by Gasteiger charge is -2.30. The molecule has 3 unspecified atom stereocenters. The molecular weight excluding hydrogens is 524 g/mol. The molecule has 3 atom stereocenters. The molecule has 1 amide bonds. The van der Waals surface area contributed by atoms with Crippen LogP contribution in [0.15, 0.2) is 78.6 Å². The van der Waals surface area contributed by atoms with Gasteiger partial charge in [0.05, 0.1) is 23.5 Å². The Bertz CT molecular complexity index is 1130. The van der Waals surface area contributed by atoms with Gasteiger partial charge in [0.15, 0.2) is 0 Å². The third-order valence-electron chi connectivity index (χ3n) is 6.48. The first kappa shape index (κ1) is 30.3. The number of rotatable bonds is 11. The van der Waals surface area contributed by atoms with Gasteiger partial charge < -0.3 is 15.2 Å². The summed E-state index contributed by atoms with van der Waals surface area (Å²) in [6.45, 7) is 3.58. The van der Waals surface area contributed by atoms with Gasteiger partial charge in [-0.25, -0.2) is 0 Å². The van der Waals surface area contributed by atoms with Gasteiger partial charge in [0.1, 0.15) is 0 Å². The van der Waals surface area contributed by atoms with Crippen LogP contribution >= 0.6 is 0 Å². The van der Waals surface area contributed by atoms with Crippen molar-refractivity contribution >= 4 is 11.5 Å². The zero-order valence-corrected chi connectivity index (χ0v) is 21.2. The maximum absolute atomic E-state index is 12.8. The number of alkyl halides is 6. The summed E-state index contributed by atoms with van der Waals surface area (Å²) in [5.74, 6) is -0.599. The van der Waals surface area contributed by atoms with Gasteiger partial charge in [0.2, 0.25) is 0 Å². The van der Waals surface area contributed by atoms with Crippen molar-refractivity contribution in [1.29, 1.82) is 0 Å². The minimum Gasteiger partial charge on any atom is -0.513 e. The first-order valence-corrected chi connectivity index (χ1v) is 12.6. The first-order chi connectivity index (χ1) is 18.3. The summed E-state index contributed by atoms with van der Waals surface area (Å²) in [5, 5.41) is 11.8. The van der Waals surface area contributed by atoms with Gasteiger partial charge in [-0.15, -0.1) is 0 Å². The van der Waals surface area contributed by atoms with Gasteiger partial charge in [0.25, 0.3) is 5.91 Å². The second kappa shape index (κ2) is 13.2. The third-order valence-corrected chi connectivity index (χ3v) is 6.48. The number of halogens is 6. The number of amides is 1. The highest BCUT2D eigenvalue weighted by Gasteiger charge is 2.31. The van der Waals surface area contributed by atoms with E-state index in [0.717, 1.165) is 17.7 Å². The summed E-state index contributed by atoms with van der Waals surface area (Å²) in [4.78, 5) is 12.3. The van der Waals surface area contributed by atoms with Crippen molar-refractivity contribution in [3.05, 3.63) is 89.8 Å². The van der Waals surface area contributed by atoms with E-state index >= 15 is 0 Å². The molecular formula is C29H31F6NO3. The van der Waals surface area contributed by atoms with Crippen molar-refractivity contribution in [3.63, 3.8) is 0 Å². The van der Waals surface area contributed by atoms with Gasteiger partial charge in [-0.1, -0.05) is 55.2 Å². The Morgan fingerprint density at radius 1 is 1.05 bits per heavy atom. The summed E-state index contributed by atoms with van der Waals surface area (Å²) in [7, 11) is 0. The standard InChI is InChI=1S/C29H31F6NO3/c1-19(37)16-18-36-27(38)23-6-4-22(5-7-23)26(3-2-17-28(30,31)32)39-25-14-10-21(11-15-25)20-8-12-24(13-9-20)29(33,34)35/h4,6-14,22,25-26,37H,1-3,5,15-18H2,(H,36,38). The van der Waals surface area contributed by atoms with Gasteiger partial charge in [-0.2, -0.15) is 26.3 Å². The predicted molar refractivity (Wildman–Crippen MR) is 136 cm³/mol. The lowest BCUT2D eigenvalue weighted by atomic mass is 9.88. The summed E-state index contributed by atoms with van der Waals surface area (Å²) in [5.41, 5.74) is 1.04. The van der Waals surface area contributed by atoms with Crippen LogP contribution < -0.4 is 5.32 Å². The lowest BCUT2D eigenvalue weighted by molar-refractivity contribution is -0.138. The van der Waals surface area contributed by atoms with Gasteiger partial charge in [0, 0.05) is 30.9 Å². The van der Waals surface area contributed by atoms with E-state index in [2.05, 4.69) is 11.9 Å². The average Bonchev–Trinajstić information content (AvgIpc) is 2.87. The van der Waals surface area contributed by atoms with Gasteiger partial charge in [-0.05, 0) is 49.0 Å². The minimum atomic E-state index is -4.42. The predicted octanol–water partition coefficient (Wildman–Crippen LogP) is 7.62. The van der Waals surface area contributed by atoms with Crippen LogP contribution in [0.1, 0.15) is 49.7 Å². The molecule has 4 nitrogen and oxygen atoms in total. The van der Waals surface area contributed by atoms with E-state index < -0.39 is 36.5 Å². The Labute approximate surface area is 223 Å². The smallest absolute Gasteiger partial charge is 0.416 e. The van der Waals surface area contributed by atoms with Crippen LogP contribution in [0.2, 0.25) is 0 Å². The molecule has 0 aromatic heterocycles. The molecule has 2 aliphatic rings. The molecule has 0 fully saturated rings. The number of hydrogen-bond acceptors (Lipinski definition) is 3. The van der Waals surface area contributed by atoms with Crippen molar-refractivity contribution in [2.75, 3.05) is 6.54 Å². The molecule has 0 bridgehead atoms. The number of nitrogens with one attached hydrogen (secondary N) is 1. The summed E-state index contributed by atoms with van der Waals surface area (Å²) in [6.07, 6.45) is 0.996. The largest absolute Gasteiger partial charge is 0.513 e. The van der Waals surface area contributed by atoms with E-state index in [4.69, 9.17) is 9.84 Å². The number of benzene rings is 1. The maximum Gasteiger partial charge on any atom is 0.416 e. The molecule has 212 valence electrons. The molecule has 0 aliphatic heterocycles. The normalized spacial score (nSPS) is 20.3. The Kier molecular flexibility index (Phi) is 10.2. The Balaban J connectivity index is 1.61. The monoisotopic (exact) mass is 555 g/mol. The van der Waals surface area contributed by atoms with Crippen molar-refractivity contribution in [2.45, 2.75) is 63.1 Å². The molecule has 0 saturated carbocycles. The summed E-state index contributed by atoms with van der Waals surface area (Å²) in [6, 6.07) is 4.83. The van der Waals surface area contributed by atoms with Gasteiger partial charge >= 0.3 is 12.4 Å². The number of carbonyl (C=O) groups is 1. The molecule has 2 aliphatic carbocycles. The molecule has 39 heavy (non-hydrogen) atoms. The molecule has 1 aromatic rings. The molecule has 0 spiro atoms. The number of hydrogen-bond donors (Lipinski definition) is 2. The minimum absolute atomic E-state index is 0.0412. The fraction of sp³-hybridized carbons (Fsp3) is 0.414. The van der Waals surface area contributed by atoms with Crippen LogP contribution in [0.5, 0.6) is 0 Å². The Morgan fingerprint density at radius 2 is 1.77 bits per heavy atom. The van der Waals surface area contributed by atoms with Crippen LogP contribution in [0.25, 0.3) is 5.57 Å². The number of ether oxygens (including phenoxy) is 1. The zero-order valence-electron chi connectivity index (χ0n) is 21.2. The fourth-order valence-corrected chi connectivity index (χ4v) is 4.38. The highest BCUT2D eigenvalue weighted by Crippen LogP contribution is 2.33. The SMILES string of the molecule is C=C(O)CCNC(=O)C1=CCC(C(CCCC(F)(F)F)OC2C=CC(c3ccc(C(F)(F)F)cc3)=CC2)C=C1. The Hall–Kier alpha value is -3.27. The maximum atomic E-state index is 12.8. The lowest BCUT2D eigenvalue weighted by Crippen LogP contribution is -2.30. The highest BCUT2D eigenvalue weighted by molar-refractivity contribution is 5.96. The van der Waals surface area contributed by atoms with Crippen LogP contribution in [-0.2, 0) is 15.7 Å². The molecule has 1 aromatic carbocycles. The summed E-state index contributed by atoms with van der Waals surface area (Å²) >= 11 is 0. The molecule has 10 heteroatoms.